The first-order chi connectivity index (χ1) is 7.95. The molecular formula is C12H16BrClN2O. The van der Waals surface area contributed by atoms with Crippen LogP contribution in [0.2, 0.25) is 5.02 Å². The van der Waals surface area contributed by atoms with Gasteiger partial charge < -0.3 is 10.2 Å². The van der Waals surface area contributed by atoms with Gasteiger partial charge in [-0.1, -0.05) is 34.5 Å². The normalized spacial score (nSPS) is 12.1. The lowest BCUT2D eigenvalue weighted by Gasteiger charge is -2.16. The van der Waals surface area contributed by atoms with Gasteiger partial charge in [0, 0.05) is 19.8 Å². The maximum absolute atomic E-state index is 11.7. The van der Waals surface area contributed by atoms with Gasteiger partial charge in [-0.25, -0.2) is 0 Å². The maximum atomic E-state index is 11.7. The van der Waals surface area contributed by atoms with E-state index in [0.29, 0.717) is 10.7 Å². The lowest BCUT2D eigenvalue weighted by molar-refractivity contribution is -0.115. The first-order valence-corrected chi connectivity index (χ1v) is 6.67. The molecule has 0 spiro atoms. The van der Waals surface area contributed by atoms with Crippen molar-refractivity contribution in [2.75, 3.05) is 24.3 Å². The average molecular weight is 320 g/mol. The summed E-state index contributed by atoms with van der Waals surface area (Å²) in [6.45, 7) is 1.95. The number of hydrogen-bond acceptors (Lipinski definition) is 2. The van der Waals surface area contributed by atoms with Crippen molar-refractivity contribution in [1.29, 1.82) is 0 Å². The summed E-state index contributed by atoms with van der Waals surface area (Å²) in [5, 5.41) is 3.43. The van der Waals surface area contributed by atoms with E-state index in [1.165, 1.54) is 0 Å². The van der Waals surface area contributed by atoms with E-state index < -0.39 is 0 Å². The molecule has 0 fully saturated rings. The number of rotatable bonds is 4. The maximum Gasteiger partial charge on any atom is 0.238 e. The Kier molecular flexibility index (Phi) is 5.28. The Morgan fingerprint density at radius 3 is 2.65 bits per heavy atom. The lowest BCUT2D eigenvalue weighted by atomic mass is 10.2. The average Bonchev–Trinajstić information content (AvgIpc) is 2.27. The van der Waals surface area contributed by atoms with Gasteiger partial charge in [-0.2, -0.15) is 0 Å². The number of hydrogen-bond donors (Lipinski definition) is 1. The summed E-state index contributed by atoms with van der Waals surface area (Å²) in [6, 6.07) is 5.48. The molecule has 17 heavy (non-hydrogen) atoms. The summed E-state index contributed by atoms with van der Waals surface area (Å²) in [4.78, 5) is 13.4. The molecule has 0 aromatic heterocycles. The van der Waals surface area contributed by atoms with E-state index in [4.69, 9.17) is 11.6 Å². The second-order valence-corrected chi connectivity index (χ2v) is 5.44. The Morgan fingerprint density at radius 2 is 2.18 bits per heavy atom. The fourth-order valence-corrected chi connectivity index (χ4v) is 1.82. The van der Waals surface area contributed by atoms with Crippen LogP contribution < -0.4 is 10.2 Å². The van der Waals surface area contributed by atoms with Crippen LogP contribution in [0.4, 0.5) is 11.4 Å². The van der Waals surface area contributed by atoms with Crippen molar-refractivity contribution >= 4 is 44.8 Å². The third kappa shape index (κ3) is 3.89. The molecule has 0 radical (unpaired) electrons. The van der Waals surface area contributed by atoms with Crippen LogP contribution >= 0.6 is 27.5 Å². The van der Waals surface area contributed by atoms with Gasteiger partial charge in [0.05, 0.1) is 15.5 Å². The molecule has 1 aromatic rings. The molecule has 0 bridgehead atoms. The van der Waals surface area contributed by atoms with Crippen molar-refractivity contribution in [3.05, 3.63) is 23.2 Å². The standard InChI is InChI=1S/C12H16BrClN2O/c1-4-9(13)12(17)15-8-5-6-11(16(2)3)10(14)7-8/h5-7,9H,4H2,1-3H3,(H,15,17). The minimum absolute atomic E-state index is 0.0545. The molecule has 1 unspecified atom stereocenters. The van der Waals surface area contributed by atoms with Crippen LogP contribution in [-0.4, -0.2) is 24.8 Å². The predicted octanol–water partition coefficient (Wildman–Crippen LogP) is 3.52. The van der Waals surface area contributed by atoms with Gasteiger partial charge in [-0.3, -0.25) is 4.79 Å². The zero-order valence-electron chi connectivity index (χ0n) is 10.1. The van der Waals surface area contributed by atoms with Crippen LogP contribution in [0.5, 0.6) is 0 Å². The zero-order valence-corrected chi connectivity index (χ0v) is 12.5. The fourth-order valence-electron chi connectivity index (χ4n) is 1.35. The van der Waals surface area contributed by atoms with Crippen LogP contribution in [0, 0.1) is 0 Å². The highest BCUT2D eigenvalue weighted by molar-refractivity contribution is 9.10. The summed E-state index contributed by atoms with van der Waals surface area (Å²) in [6.07, 6.45) is 0.745. The highest BCUT2D eigenvalue weighted by atomic mass is 79.9. The Hall–Kier alpha value is -0.740. The Balaban J connectivity index is 2.81. The molecule has 0 heterocycles. The summed E-state index contributed by atoms with van der Waals surface area (Å²) in [5.41, 5.74) is 1.64. The molecule has 94 valence electrons. The smallest absolute Gasteiger partial charge is 0.238 e. The van der Waals surface area contributed by atoms with E-state index in [2.05, 4.69) is 21.2 Å². The number of halogens is 2. The number of nitrogens with one attached hydrogen (secondary N) is 1. The van der Waals surface area contributed by atoms with Gasteiger partial charge in [-0.05, 0) is 24.6 Å². The molecular weight excluding hydrogens is 304 g/mol. The second kappa shape index (κ2) is 6.26. The Morgan fingerprint density at radius 1 is 1.53 bits per heavy atom. The van der Waals surface area contributed by atoms with Crippen molar-refractivity contribution in [3.8, 4) is 0 Å². The van der Waals surface area contributed by atoms with Gasteiger partial charge >= 0.3 is 0 Å². The van der Waals surface area contributed by atoms with E-state index in [1.54, 1.807) is 6.07 Å². The van der Waals surface area contributed by atoms with Gasteiger partial charge in [0.25, 0.3) is 0 Å². The van der Waals surface area contributed by atoms with Gasteiger partial charge in [0.2, 0.25) is 5.91 Å². The molecule has 1 amide bonds. The van der Waals surface area contributed by atoms with E-state index in [0.717, 1.165) is 12.1 Å². The van der Waals surface area contributed by atoms with Crippen LogP contribution in [0.1, 0.15) is 13.3 Å². The number of nitrogens with zero attached hydrogens (tertiary/aromatic N) is 1. The van der Waals surface area contributed by atoms with Gasteiger partial charge in [0.15, 0.2) is 0 Å². The third-order valence-corrected chi connectivity index (χ3v) is 3.71. The van der Waals surface area contributed by atoms with Crippen molar-refractivity contribution in [2.45, 2.75) is 18.2 Å². The number of carbonyl (C=O) groups is 1. The quantitative estimate of drug-likeness (QED) is 0.861. The molecule has 1 aromatic carbocycles. The summed E-state index contributed by atoms with van der Waals surface area (Å²) in [7, 11) is 3.84. The van der Waals surface area contributed by atoms with Crippen molar-refractivity contribution in [1.82, 2.24) is 0 Å². The summed E-state index contributed by atoms with van der Waals surface area (Å²) in [5.74, 6) is -0.0545. The summed E-state index contributed by atoms with van der Waals surface area (Å²) < 4.78 is 0. The topological polar surface area (TPSA) is 32.3 Å². The third-order valence-electron chi connectivity index (χ3n) is 2.34. The zero-order chi connectivity index (χ0) is 13.0. The molecule has 1 N–H and O–H groups in total. The number of benzene rings is 1. The minimum atomic E-state index is -0.171. The minimum Gasteiger partial charge on any atom is -0.376 e. The number of amides is 1. The van der Waals surface area contributed by atoms with Crippen LogP contribution in [0.25, 0.3) is 0 Å². The SMILES string of the molecule is CCC(Br)C(=O)Nc1ccc(N(C)C)c(Cl)c1. The monoisotopic (exact) mass is 318 g/mol. The molecule has 3 nitrogen and oxygen atoms in total. The molecule has 5 heteroatoms. The molecule has 0 aliphatic heterocycles. The second-order valence-electron chi connectivity index (χ2n) is 3.93. The molecule has 0 aliphatic rings. The van der Waals surface area contributed by atoms with Crippen LogP contribution in [0.15, 0.2) is 18.2 Å². The van der Waals surface area contributed by atoms with E-state index in [9.17, 15) is 4.79 Å². The van der Waals surface area contributed by atoms with Crippen molar-refractivity contribution in [2.24, 2.45) is 0 Å². The molecule has 0 aliphatic carbocycles. The van der Waals surface area contributed by atoms with E-state index in [-0.39, 0.29) is 10.7 Å². The van der Waals surface area contributed by atoms with Crippen molar-refractivity contribution in [3.63, 3.8) is 0 Å². The molecule has 0 saturated carbocycles. The van der Waals surface area contributed by atoms with E-state index >= 15 is 0 Å². The Labute approximate surface area is 115 Å². The largest absolute Gasteiger partial charge is 0.376 e. The molecule has 1 rings (SSSR count). The first-order valence-electron chi connectivity index (χ1n) is 5.37. The highest BCUT2D eigenvalue weighted by Crippen LogP contribution is 2.27. The van der Waals surface area contributed by atoms with Crippen molar-refractivity contribution < 1.29 is 4.79 Å². The predicted molar refractivity (Wildman–Crippen MR) is 77.4 cm³/mol. The van der Waals surface area contributed by atoms with Crippen LogP contribution in [-0.2, 0) is 4.79 Å². The first kappa shape index (κ1) is 14.3. The van der Waals surface area contributed by atoms with Gasteiger partial charge in [-0.15, -0.1) is 0 Å². The van der Waals surface area contributed by atoms with E-state index in [1.807, 2.05) is 38.1 Å². The Bertz CT molecular complexity index is 409. The molecule has 0 saturated heterocycles. The van der Waals surface area contributed by atoms with Gasteiger partial charge in [0.1, 0.15) is 0 Å². The number of alkyl halides is 1. The van der Waals surface area contributed by atoms with Crippen LogP contribution in [0.3, 0.4) is 0 Å². The lowest BCUT2D eigenvalue weighted by Crippen LogP contribution is -2.22. The highest BCUT2D eigenvalue weighted by Gasteiger charge is 2.13. The number of carbonyl (C=O) groups excluding carboxylic acids is 1. The molecule has 1 atom stereocenters. The summed E-state index contributed by atoms with van der Waals surface area (Å²) >= 11 is 9.42. The fraction of sp³-hybridized carbons (Fsp3) is 0.417. The number of anilines is 2.